The largest absolute Gasteiger partial charge is 0.475 e. The van der Waals surface area contributed by atoms with Crippen LogP contribution in [-0.2, 0) is 0 Å². The Labute approximate surface area is 115 Å². The highest BCUT2D eigenvalue weighted by atomic mass is 79.9. The summed E-state index contributed by atoms with van der Waals surface area (Å²) in [4.78, 5) is 14.4. The van der Waals surface area contributed by atoms with E-state index in [4.69, 9.17) is 9.52 Å². The monoisotopic (exact) mass is 331 g/mol. The zero-order valence-electron chi connectivity index (χ0n) is 9.65. The number of benzene rings is 1. The molecule has 0 spiro atoms. The van der Waals surface area contributed by atoms with E-state index in [0.717, 1.165) is 5.56 Å². The molecule has 0 radical (unpaired) electrons. The molecular formula is C12H8BrF2NO3. The van der Waals surface area contributed by atoms with Crippen LogP contribution in [0.4, 0.5) is 8.78 Å². The maximum Gasteiger partial charge on any atom is 0.374 e. The van der Waals surface area contributed by atoms with Crippen LogP contribution in [0.5, 0.6) is 0 Å². The molecule has 100 valence electrons. The molecular weight excluding hydrogens is 324 g/mol. The molecule has 2 rings (SSSR count). The van der Waals surface area contributed by atoms with Crippen molar-refractivity contribution in [2.24, 2.45) is 0 Å². The number of halogens is 3. The summed E-state index contributed by atoms with van der Waals surface area (Å²) in [5, 5.41) is 8.82. The molecule has 1 aromatic heterocycles. The summed E-state index contributed by atoms with van der Waals surface area (Å²) in [5.74, 6) is -2.56. The SMILES string of the molecule is Cc1ccc(Br)c(-c2nc(C(F)F)c(C(=O)O)o2)c1. The van der Waals surface area contributed by atoms with Gasteiger partial charge >= 0.3 is 5.97 Å². The van der Waals surface area contributed by atoms with Crippen LogP contribution in [-0.4, -0.2) is 16.1 Å². The summed E-state index contributed by atoms with van der Waals surface area (Å²) in [6, 6.07) is 5.18. The molecule has 0 fully saturated rings. The van der Waals surface area contributed by atoms with Crippen LogP contribution in [0.15, 0.2) is 27.1 Å². The second-order valence-electron chi connectivity index (χ2n) is 3.82. The number of hydrogen-bond acceptors (Lipinski definition) is 3. The zero-order valence-corrected chi connectivity index (χ0v) is 11.2. The fourth-order valence-electron chi connectivity index (χ4n) is 1.55. The van der Waals surface area contributed by atoms with Gasteiger partial charge in [0.2, 0.25) is 11.7 Å². The molecule has 0 aliphatic carbocycles. The number of aromatic carboxylic acids is 1. The molecule has 1 heterocycles. The predicted molar refractivity (Wildman–Crippen MR) is 66.3 cm³/mol. The number of oxazole rings is 1. The van der Waals surface area contributed by atoms with Crippen LogP contribution in [0.1, 0.15) is 28.2 Å². The first-order chi connectivity index (χ1) is 8.90. The minimum Gasteiger partial charge on any atom is -0.475 e. The molecule has 1 N–H and O–H groups in total. The van der Waals surface area contributed by atoms with Gasteiger partial charge in [0.1, 0.15) is 0 Å². The summed E-state index contributed by atoms with van der Waals surface area (Å²) in [5.41, 5.74) is 0.428. The van der Waals surface area contributed by atoms with Gasteiger partial charge in [0.05, 0.1) is 5.56 Å². The third kappa shape index (κ3) is 2.65. The first-order valence-corrected chi connectivity index (χ1v) is 5.98. The fraction of sp³-hybridized carbons (Fsp3) is 0.167. The van der Waals surface area contributed by atoms with E-state index in [-0.39, 0.29) is 5.89 Å². The van der Waals surface area contributed by atoms with E-state index in [0.29, 0.717) is 10.0 Å². The van der Waals surface area contributed by atoms with Crippen molar-refractivity contribution in [1.82, 2.24) is 4.98 Å². The minimum atomic E-state index is -3.01. The van der Waals surface area contributed by atoms with Crippen molar-refractivity contribution in [3.8, 4) is 11.5 Å². The van der Waals surface area contributed by atoms with Crippen molar-refractivity contribution in [1.29, 1.82) is 0 Å². The molecule has 19 heavy (non-hydrogen) atoms. The molecule has 0 aliphatic heterocycles. The van der Waals surface area contributed by atoms with Crippen molar-refractivity contribution in [3.63, 3.8) is 0 Å². The second-order valence-corrected chi connectivity index (χ2v) is 4.68. The molecule has 0 amide bonds. The highest BCUT2D eigenvalue weighted by Gasteiger charge is 2.27. The van der Waals surface area contributed by atoms with Gasteiger partial charge in [-0.05, 0) is 35.0 Å². The number of carboxylic acids is 1. The number of rotatable bonds is 3. The van der Waals surface area contributed by atoms with Crippen LogP contribution in [0, 0.1) is 6.92 Å². The lowest BCUT2D eigenvalue weighted by Gasteiger charge is -2.00. The van der Waals surface area contributed by atoms with Crippen molar-refractivity contribution in [3.05, 3.63) is 39.7 Å². The first-order valence-electron chi connectivity index (χ1n) is 5.19. The molecule has 0 saturated heterocycles. The predicted octanol–water partition coefficient (Wildman–Crippen LogP) is 4.05. The van der Waals surface area contributed by atoms with Crippen molar-refractivity contribution >= 4 is 21.9 Å². The Morgan fingerprint density at radius 3 is 2.68 bits per heavy atom. The van der Waals surface area contributed by atoms with Gasteiger partial charge < -0.3 is 9.52 Å². The van der Waals surface area contributed by atoms with E-state index in [1.807, 2.05) is 13.0 Å². The Morgan fingerprint density at radius 2 is 2.16 bits per heavy atom. The zero-order chi connectivity index (χ0) is 14.2. The maximum absolute atomic E-state index is 12.7. The smallest absolute Gasteiger partial charge is 0.374 e. The van der Waals surface area contributed by atoms with Gasteiger partial charge in [-0.2, -0.15) is 0 Å². The van der Waals surface area contributed by atoms with Gasteiger partial charge in [0.25, 0.3) is 6.43 Å². The van der Waals surface area contributed by atoms with Crippen molar-refractivity contribution < 1.29 is 23.1 Å². The second kappa shape index (κ2) is 5.08. The van der Waals surface area contributed by atoms with Gasteiger partial charge in [-0.15, -0.1) is 0 Å². The summed E-state index contributed by atoms with van der Waals surface area (Å²) in [7, 11) is 0. The van der Waals surface area contributed by atoms with Crippen LogP contribution in [0.25, 0.3) is 11.5 Å². The molecule has 0 unspecified atom stereocenters. The van der Waals surface area contributed by atoms with E-state index in [1.165, 1.54) is 0 Å². The Bertz CT molecular complexity index is 640. The van der Waals surface area contributed by atoms with E-state index < -0.39 is 23.8 Å². The number of alkyl halides is 2. The van der Waals surface area contributed by atoms with Gasteiger partial charge in [-0.3, -0.25) is 0 Å². The van der Waals surface area contributed by atoms with Gasteiger partial charge in [0.15, 0.2) is 5.69 Å². The normalized spacial score (nSPS) is 11.0. The Kier molecular flexibility index (Phi) is 3.66. The lowest BCUT2D eigenvalue weighted by Crippen LogP contribution is -1.99. The van der Waals surface area contributed by atoms with Crippen LogP contribution >= 0.6 is 15.9 Å². The summed E-state index contributed by atoms with van der Waals surface area (Å²) in [6.07, 6.45) is -3.01. The number of aryl methyl sites for hydroxylation is 1. The number of nitrogens with zero attached hydrogens (tertiary/aromatic N) is 1. The van der Waals surface area contributed by atoms with Crippen molar-refractivity contribution in [2.45, 2.75) is 13.3 Å². The van der Waals surface area contributed by atoms with E-state index >= 15 is 0 Å². The maximum atomic E-state index is 12.7. The molecule has 0 atom stereocenters. The topological polar surface area (TPSA) is 63.3 Å². The third-order valence-electron chi connectivity index (χ3n) is 2.41. The Hall–Kier alpha value is -1.76. The van der Waals surface area contributed by atoms with Crippen molar-refractivity contribution in [2.75, 3.05) is 0 Å². The van der Waals surface area contributed by atoms with Gasteiger partial charge in [0, 0.05) is 4.47 Å². The molecule has 0 bridgehead atoms. The standard InChI is InChI=1S/C12H8BrF2NO3/c1-5-2-3-7(13)6(4-5)11-16-8(10(14)15)9(19-11)12(17)18/h2-4,10H,1H3,(H,17,18). The number of aromatic nitrogens is 1. The third-order valence-corrected chi connectivity index (χ3v) is 3.10. The average molecular weight is 332 g/mol. The number of hydrogen-bond donors (Lipinski definition) is 1. The van der Waals surface area contributed by atoms with Crippen LogP contribution < -0.4 is 0 Å². The van der Waals surface area contributed by atoms with E-state index in [1.54, 1.807) is 12.1 Å². The minimum absolute atomic E-state index is 0.150. The van der Waals surface area contributed by atoms with E-state index in [2.05, 4.69) is 20.9 Å². The summed E-state index contributed by atoms with van der Waals surface area (Å²) in [6.45, 7) is 1.81. The quantitative estimate of drug-likeness (QED) is 0.921. The fourth-order valence-corrected chi connectivity index (χ4v) is 1.97. The molecule has 4 nitrogen and oxygen atoms in total. The van der Waals surface area contributed by atoms with Gasteiger partial charge in [-0.25, -0.2) is 18.6 Å². The number of carboxylic acid groups (broad SMARTS) is 1. The first kappa shape index (κ1) is 13.7. The molecule has 1 aromatic carbocycles. The summed E-state index contributed by atoms with van der Waals surface area (Å²) < 4.78 is 30.9. The highest BCUT2D eigenvalue weighted by Crippen LogP contribution is 2.32. The Balaban J connectivity index is 2.60. The Morgan fingerprint density at radius 1 is 1.47 bits per heavy atom. The van der Waals surface area contributed by atoms with Crippen LogP contribution in [0.2, 0.25) is 0 Å². The lowest BCUT2D eigenvalue weighted by atomic mass is 10.1. The van der Waals surface area contributed by atoms with Gasteiger partial charge in [-0.1, -0.05) is 11.6 Å². The average Bonchev–Trinajstić information content (AvgIpc) is 2.77. The summed E-state index contributed by atoms with van der Waals surface area (Å²) >= 11 is 3.24. The number of carbonyl (C=O) groups is 1. The molecule has 0 aliphatic rings. The molecule has 0 saturated carbocycles. The molecule has 2 aromatic rings. The highest BCUT2D eigenvalue weighted by molar-refractivity contribution is 9.10. The van der Waals surface area contributed by atoms with E-state index in [9.17, 15) is 13.6 Å². The lowest BCUT2D eigenvalue weighted by molar-refractivity contribution is 0.0647. The molecule has 7 heteroatoms. The van der Waals surface area contributed by atoms with Crippen LogP contribution in [0.3, 0.4) is 0 Å².